The Hall–Kier alpha value is -2.78. The smallest absolute Gasteiger partial charge is 0.220 e. The van der Waals surface area contributed by atoms with Gasteiger partial charge in [-0.25, -0.2) is 8.42 Å². The maximum absolute atomic E-state index is 12.7. The number of benzene rings is 2. The first-order valence-electron chi connectivity index (χ1n) is 11.2. The van der Waals surface area contributed by atoms with Gasteiger partial charge in [-0.05, 0) is 54.8 Å². The van der Waals surface area contributed by atoms with Gasteiger partial charge in [0.1, 0.15) is 11.5 Å². The number of carbonyl (C=O) groups excluding carboxylic acids is 1. The number of nitrogens with zero attached hydrogens (tertiary/aromatic N) is 2. The monoisotopic (exact) mass is 475 g/mol. The van der Waals surface area contributed by atoms with Gasteiger partial charge >= 0.3 is 0 Å². The molecule has 0 spiro atoms. The summed E-state index contributed by atoms with van der Waals surface area (Å²) in [6, 6.07) is 15.4. The van der Waals surface area contributed by atoms with Crippen LogP contribution in [0, 0.1) is 0 Å². The summed E-state index contributed by atoms with van der Waals surface area (Å²) in [6.07, 6.45) is 1.40. The second kappa shape index (κ2) is 11.9. The molecule has 1 saturated heterocycles. The van der Waals surface area contributed by atoms with Crippen molar-refractivity contribution in [1.82, 2.24) is 9.62 Å². The minimum Gasteiger partial charge on any atom is -0.497 e. The van der Waals surface area contributed by atoms with Gasteiger partial charge in [0.2, 0.25) is 15.9 Å². The Morgan fingerprint density at radius 3 is 2.06 bits per heavy atom. The molecule has 0 bridgehead atoms. The van der Waals surface area contributed by atoms with Gasteiger partial charge in [-0.1, -0.05) is 12.1 Å². The van der Waals surface area contributed by atoms with E-state index in [1.54, 1.807) is 18.5 Å². The summed E-state index contributed by atoms with van der Waals surface area (Å²) in [5.41, 5.74) is 2.12. The molecule has 2 aromatic rings. The van der Waals surface area contributed by atoms with Gasteiger partial charge in [0.25, 0.3) is 0 Å². The number of ether oxygens (including phenoxy) is 2. The Morgan fingerprint density at radius 2 is 1.48 bits per heavy atom. The molecule has 33 heavy (non-hydrogen) atoms. The fourth-order valence-corrected chi connectivity index (χ4v) is 5.25. The summed E-state index contributed by atoms with van der Waals surface area (Å²) in [5, 5.41) is 2.82. The molecule has 2 aromatic carbocycles. The first kappa shape index (κ1) is 24.9. The van der Waals surface area contributed by atoms with E-state index in [-0.39, 0.29) is 11.7 Å². The highest BCUT2D eigenvalue weighted by Crippen LogP contribution is 2.21. The summed E-state index contributed by atoms with van der Waals surface area (Å²) in [5.74, 6) is 1.55. The number of anilines is 1. The van der Waals surface area contributed by atoms with E-state index in [4.69, 9.17) is 9.47 Å². The lowest BCUT2D eigenvalue weighted by Crippen LogP contribution is -2.49. The average Bonchev–Trinajstić information content (AvgIpc) is 2.86. The maximum Gasteiger partial charge on any atom is 0.220 e. The summed E-state index contributed by atoms with van der Waals surface area (Å²) >= 11 is 0. The molecule has 1 fully saturated rings. The molecule has 0 atom stereocenters. The number of amides is 1. The number of rotatable bonds is 11. The third kappa shape index (κ3) is 7.36. The van der Waals surface area contributed by atoms with E-state index < -0.39 is 10.0 Å². The Bertz CT molecular complexity index is 986. The van der Waals surface area contributed by atoms with E-state index in [1.807, 2.05) is 48.5 Å². The molecular formula is C24H33N3O5S. The molecule has 1 amide bonds. The maximum atomic E-state index is 12.7. The number of aryl methyl sites for hydroxylation is 1. The normalized spacial score (nSPS) is 14.7. The molecule has 0 radical (unpaired) electrons. The zero-order valence-electron chi connectivity index (χ0n) is 19.3. The fourth-order valence-electron chi connectivity index (χ4n) is 3.77. The minimum atomic E-state index is -3.34. The van der Waals surface area contributed by atoms with Crippen molar-refractivity contribution >= 4 is 21.6 Å². The van der Waals surface area contributed by atoms with Gasteiger partial charge < -0.3 is 19.7 Å². The van der Waals surface area contributed by atoms with E-state index in [2.05, 4.69) is 10.2 Å². The number of methoxy groups -OCH3 is 2. The molecule has 3 rings (SSSR count). The van der Waals surface area contributed by atoms with E-state index in [9.17, 15) is 13.2 Å². The predicted octanol–water partition coefficient (Wildman–Crippen LogP) is 2.29. The van der Waals surface area contributed by atoms with Gasteiger partial charge in [0.05, 0.1) is 20.0 Å². The number of nitrogens with one attached hydrogen (secondary N) is 1. The summed E-state index contributed by atoms with van der Waals surface area (Å²) < 4.78 is 37.2. The molecule has 0 aliphatic carbocycles. The average molecular weight is 476 g/mol. The number of piperazine rings is 1. The van der Waals surface area contributed by atoms with Crippen LogP contribution in [-0.2, 0) is 21.2 Å². The number of hydrogen-bond donors (Lipinski definition) is 1. The van der Waals surface area contributed by atoms with Crippen molar-refractivity contribution in [2.45, 2.75) is 19.3 Å². The third-order valence-electron chi connectivity index (χ3n) is 5.77. The highest BCUT2D eigenvalue weighted by atomic mass is 32.2. The molecule has 0 unspecified atom stereocenters. The first-order chi connectivity index (χ1) is 15.9. The van der Waals surface area contributed by atoms with Crippen molar-refractivity contribution in [2.75, 3.05) is 57.6 Å². The van der Waals surface area contributed by atoms with Crippen LogP contribution in [0.4, 0.5) is 5.69 Å². The standard InChI is InChI=1S/C24H33N3O5S/c1-31-22-9-4-20(5-10-22)6-13-24(28)25-14-3-19-33(29,30)27-17-15-26(16-18-27)21-7-11-23(32-2)12-8-21/h4-5,7-12H,3,6,13-19H2,1-2H3,(H,25,28). The van der Waals surface area contributed by atoms with Crippen molar-refractivity contribution in [3.05, 3.63) is 54.1 Å². The number of sulfonamides is 1. The molecule has 1 aliphatic heterocycles. The topological polar surface area (TPSA) is 88.2 Å². The van der Waals surface area contributed by atoms with Crippen LogP contribution in [0.25, 0.3) is 0 Å². The molecule has 9 heteroatoms. The highest BCUT2D eigenvalue weighted by Gasteiger charge is 2.26. The van der Waals surface area contributed by atoms with Crippen LogP contribution in [-0.4, -0.2) is 71.3 Å². The summed E-state index contributed by atoms with van der Waals surface area (Å²) in [7, 11) is -0.0882. The molecular weight excluding hydrogens is 442 g/mol. The number of carbonyl (C=O) groups is 1. The largest absolute Gasteiger partial charge is 0.497 e. The quantitative estimate of drug-likeness (QED) is 0.502. The molecule has 8 nitrogen and oxygen atoms in total. The third-order valence-corrected chi connectivity index (χ3v) is 7.73. The summed E-state index contributed by atoms with van der Waals surface area (Å²) in [4.78, 5) is 14.2. The molecule has 180 valence electrons. The van der Waals surface area contributed by atoms with Gasteiger partial charge in [-0.3, -0.25) is 4.79 Å². The van der Waals surface area contributed by atoms with Crippen molar-refractivity contribution in [1.29, 1.82) is 0 Å². The van der Waals surface area contributed by atoms with Gasteiger partial charge in [0.15, 0.2) is 0 Å². The molecule has 1 heterocycles. The van der Waals surface area contributed by atoms with E-state index in [0.717, 1.165) is 22.7 Å². The van der Waals surface area contributed by atoms with Gasteiger partial charge in [0, 0.05) is 44.8 Å². The van der Waals surface area contributed by atoms with Crippen LogP contribution in [0.2, 0.25) is 0 Å². The predicted molar refractivity (Wildman–Crippen MR) is 130 cm³/mol. The first-order valence-corrected chi connectivity index (χ1v) is 12.8. The molecule has 0 aromatic heterocycles. The van der Waals surface area contributed by atoms with Crippen LogP contribution >= 0.6 is 0 Å². The van der Waals surface area contributed by atoms with E-state index in [1.165, 1.54) is 0 Å². The van der Waals surface area contributed by atoms with Crippen molar-refractivity contribution in [2.24, 2.45) is 0 Å². The Balaban J connectivity index is 1.34. The Kier molecular flexibility index (Phi) is 8.96. The van der Waals surface area contributed by atoms with Crippen molar-refractivity contribution in [3.8, 4) is 11.5 Å². The zero-order chi connectivity index (χ0) is 23.7. The molecule has 1 N–H and O–H groups in total. The Morgan fingerprint density at radius 1 is 0.909 bits per heavy atom. The van der Waals surface area contributed by atoms with Gasteiger partial charge in [-0.2, -0.15) is 4.31 Å². The lowest BCUT2D eigenvalue weighted by atomic mass is 10.1. The fraction of sp³-hybridized carbons (Fsp3) is 0.458. The van der Waals surface area contributed by atoms with Crippen LogP contribution in [0.3, 0.4) is 0 Å². The molecule has 0 saturated carbocycles. The van der Waals surface area contributed by atoms with Crippen LogP contribution in [0.5, 0.6) is 11.5 Å². The summed E-state index contributed by atoms with van der Waals surface area (Å²) in [6.45, 7) is 2.57. The van der Waals surface area contributed by atoms with E-state index in [0.29, 0.717) is 52.0 Å². The van der Waals surface area contributed by atoms with Crippen LogP contribution in [0.15, 0.2) is 48.5 Å². The SMILES string of the molecule is COc1ccc(CCC(=O)NCCCS(=O)(=O)N2CCN(c3ccc(OC)cc3)CC2)cc1. The minimum absolute atomic E-state index is 0.0360. The lowest BCUT2D eigenvalue weighted by molar-refractivity contribution is -0.121. The van der Waals surface area contributed by atoms with Crippen molar-refractivity contribution < 1.29 is 22.7 Å². The van der Waals surface area contributed by atoms with E-state index >= 15 is 0 Å². The number of hydrogen-bond acceptors (Lipinski definition) is 6. The van der Waals surface area contributed by atoms with Crippen LogP contribution in [0.1, 0.15) is 18.4 Å². The second-order valence-corrected chi connectivity index (χ2v) is 10.0. The second-order valence-electron chi connectivity index (χ2n) is 7.95. The highest BCUT2D eigenvalue weighted by molar-refractivity contribution is 7.89. The van der Waals surface area contributed by atoms with Gasteiger partial charge in [-0.15, -0.1) is 0 Å². The lowest BCUT2D eigenvalue weighted by Gasteiger charge is -2.35. The zero-order valence-corrected chi connectivity index (χ0v) is 20.1. The van der Waals surface area contributed by atoms with Crippen LogP contribution < -0.4 is 19.7 Å². The Labute approximate surface area is 196 Å². The molecule has 1 aliphatic rings. The van der Waals surface area contributed by atoms with Crippen molar-refractivity contribution in [3.63, 3.8) is 0 Å².